The number of amides is 1. The molecule has 0 aromatic heterocycles. The lowest BCUT2D eigenvalue weighted by Crippen LogP contribution is -2.27. The van der Waals surface area contributed by atoms with Gasteiger partial charge in [0.05, 0.1) is 5.75 Å². The molecule has 0 fully saturated rings. The molecule has 0 radical (unpaired) electrons. The second-order valence-corrected chi connectivity index (χ2v) is 4.60. The van der Waals surface area contributed by atoms with Crippen LogP contribution < -0.4 is 5.32 Å². The number of aromatic hydroxyl groups is 1. The number of phenolic OH excluding ortho intramolecular Hbond substituents is 1. The fourth-order valence-corrected chi connectivity index (χ4v) is 1.87. The van der Waals surface area contributed by atoms with Gasteiger partial charge >= 0.3 is 0 Å². The van der Waals surface area contributed by atoms with Crippen molar-refractivity contribution in [2.75, 3.05) is 18.1 Å². The molecule has 0 bridgehead atoms. The summed E-state index contributed by atoms with van der Waals surface area (Å²) in [7, 11) is 0. The molecule has 92 valence electrons. The van der Waals surface area contributed by atoms with Crippen molar-refractivity contribution in [1.29, 1.82) is 0 Å². The first-order valence-corrected chi connectivity index (χ1v) is 6.61. The second kappa shape index (κ2) is 7.79. The normalized spacial score (nSPS) is 9.88. The first kappa shape index (κ1) is 13.6. The van der Waals surface area contributed by atoms with Crippen molar-refractivity contribution in [2.24, 2.45) is 0 Å². The number of carbonyl (C=O) groups excluding carboxylic acids is 1. The van der Waals surface area contributed by atoms with Crippen LogP contribution in [0.15, 0.2) is 36.9 Å². The van der Waals surface area contributed by atoms with E-state index >= 15 is 0 Å². The van der Waals surface area contributed by atoms with Crippen LogP contribution in [0, 0.1) is 0 Å². The Hall–Kier alpha value is -1.42. The molecule has 0 unspecified atom stereocenters. The van der Waals surface area contributed by atoms with E-state index in [9.17, 15) is 4.79 Å². The maximum Gasteiger partial charge on any atom is 0.230 e. The standard InChI is InChI=1S/C13H17NO2S/c1-2-9-17-10-13(16)14-8-7-11-3-5-12(15)6-4-11/h2-6,15H,1,7-10H2,(H,14,16). The lowest BCUT2D eigenvalue weighted by Gasteiger charge is -2.04. The van der Waals surface area contributed by atoms with Gasteiger partial charge in [-0.3, -0.25) is 4.79 Å². The van der Waals surface area contributed by atoms with Crippen LogP contribution in [0.1, 0.15) is 5.56 Å². The molecule has 1 amide bonds. The number of benzene rings is 1. The van der Waals surface area contributed by atoms with Crippen molar-refractivity contribution in [3.8, 4) is 5.75 Å². The molecular formula is C13H17NO2S. The molecular weight excluding hydrogens is 234 g/mol. The molecule has 0 atom stereocenters. The summed E-state index contributed by atoms with van der Waals surface area (Å²) in [4.78, 5) is 11.4. The van der Waals surface area contributed by atoms with Crippen molar-refractivity contribution in [3.63, 3.8) is 0 Å². The van der Waals surface area contributed by atoms with Crippen molar-refractivity contribution in [1.82, 2.24) is 5.32 Å². The lowest BCUT2D eigenvalue weighted by molar-refractivity contribution is -0.118. The number of hydrogen-bond donors (Lipinski definition) is 2. The minimum atomic E-state index is 0.0515. The summed E-state index contributed by atoms with van der Waals surface area (Å²) in [6.07, 6.45) is 2.56. The monoisotopic (exact) mass is 251 g/mol. The molecule has 0 aliphatic rings. The quantitative estimate of drug-likeness (QED) is 0.575. The Labute approximate surface area is 106 Å². The zero-order valence-corrected chi connectivity index (χ0v) is 10.5. The number of phenols is 1. The Morgan fingerprint density at radius 1 is 1.41 bits per heavy atom. The van der Waals surface area contributed by atoms with Gasteiger partial charge in [-0.25, -0.2) is 0 Å². The molecule has 0 aliphatic heterocycles. The van der Waals surface area contributed by atoms with Crippen LogP contribution in [0.3, 0.4) is 0 Å². The van der Waals surface area contributed by atoms with Crippen molar-refractivity contribution < 1.29 is 9.90 Å². The van der Waals surface area contributed by atoms with E-state index in [0.29, 0.717) is 12.3 Å². The summed E-state index contributed by atoms with van der Waals surface area (Å²) < 4.78 is 0. The third-order valence-corrected chi connectivity index (χ3v) is 3.08. The first-order valence-electron chi connectivity index (χ1n) is 5.45. The van der Waals surface area contributed by atoms with Gasteiger partial charge in [-0.2, -0.15) is 0 Å². The van der Waals surface area contributed by atoms with E-state index in [2.05, 4.69) is 11.9 Å². The minimum Gasteiger partial charge on any atom is -0.508 e. The Kier molecular flexibility index (Phi) is 6.25. The highest BCUT2D eigenvalue weighted by atomic mass is 32.2. The fraction of sp³-hybridized carbons (Fsp3) is 0.308. The Morgan fingerprint density at radius 2 is 2.12 bits per heavy atom. The molecule has 4 heteroatoms. The van der Waals surface area contributed by atoms with Crippen LogP contribution in [0.4, 0.5) is 0 Å². The maximum atomic E-state index is 11.4. The van der Waals surface area contributed by atoms with Crippen molar-refractivity contribution in [2.45, 2.75) is 6.42 Å². The molecule has 1 aromatic carbocycles. The number of hydrogen-bond acceptors (Lipinski definition) is 3. The van der Waals surface area contributed by atoms with Crippen LogP contribution in [0.5, 0.6) is 5.75 Å². The molecule has 2 N–H and O–H groups in total. The molecule has 3 nitrogen and oxygen atoms in total. The van der Waals surface area contributed by atoms with Gasteiger partial charge in [-0.1, -0.05) is 18.2 Å². The van der Waals surface area contributed by atoms with Crippen molar-refractivity contribution in [3.05, 3.63) is 42.5 Å². The Balaban J connectivity index is 2.16. The van der Waals surface area contributed by atoms with E-state index in [1.807, 2.05) is 12.1 Å². The van der Waals surface area contributed by atoms with E-state index < -0.39 is 0 Å². The van der Waals surface area contributed by atoms with Crippen molar-refractivity contribution >= 4 is 17.7 Å². The molecule has 1 rings (SSSR count). The topological polar surface area (TPSA) is 49.3 Å². The molecule has 0 heterocycles. The van der Waals surface area contributed by atoms with E-state index in [1.165, 1.54) is 0 Å². The summed E-state index contributed by atoms with van der Waals surface area (Å²) >= 11 is 1.55. The summed E-state index contributed by atoms with van der Waals surface area (Å²) in [6.45, 7) is 4.22. The average molecular weight is 251 g/mol. The third-order valence-electron chi connectivity index (χ3n) is 2.14. The molecule has 0 aliphatic carbocycles. The van der Waals surface area contributed by atoms with Crippen LogP contribution in [0.2, 0.25) is 0 Å². The SMILES string of the molecule is C=CCSCC(=O)NCCc1ccc(O)cc1. The highest BCUT2D eigenvalue weighted by Crippen LogP contribution is 2.09. The van der Waals surface area contributed by atoms with E-state index in [1.54, 1.807) is 30.0 Å². The maximum absolute atomic E-state index is 11.4. The second-order valence-electron chi connectivity index (χ2n) is 3.57. The number of nitrogens with one attached hydrogen (secondary N) is 1. The molecule has 0 saturated carbocycles. The predicted molar refractivity (Wildman–Crippen MR) is 72.3 cm³/mol. The Morgan fingerprint density at radius 3 is 2.76 bits per heavy atom. The largest absolute Gasteiger partial charge is 0.508 e. The van der Waals surface area contributed by atoms with Gasteiger partial charge in [-0.05, 0) is 24.1 Å². The van der Waals surface area contributed by atoms with Gasteiger partial charge in [0.15, 0.2) is 0 Å². The fourth-order valence-electron chi connectivity index (χ4n) is 1.29. The van der Waals surface area contributed by atoms with Gasteiger partial charge in [0.25, 0.3) is 0 Å². The van der Waals surface area contributed by atoms with Gasteiger partial charge in [0.1, 0.15) is 5.75 Å². The molecule has 0 spiro atoms. The molecule has 17 heavy (non-hydrogen) atoms. The third kappa shape index (κ3) is 6.02. The van der Waals surface area contributed by atoms with Gasteiger partial charge in [-0.15, -0.1) is 18.3 Å². The summed E-state index contributed by atoms with van der Waals surface area (Å²) in [5.74, 6) is 1.58. The van der Waals surface area contributed by atoms with E-state index in [-0.39, 0.29) is 11.7 Å². The van der Waals surface area contributed by atoms with E-state index in [4.69, 9.17) is 5.11 Å². The lowest BCUT2D eigenvalue weighted by atomic mass is 10.1. The zero-order chi connectivity index (χ0) is 12.5. The number of carbonyl (C=O) groups is 1. The first-order chi connectivity index (χ1) is 8.22. The average Bonchev–Trinajstić information content (AvgIpc) is 2.32. The highest BCUT2D eigenvalue weighted by molar-refractivity contribution is 8.00. The highest BCUT2D eigenvalue weighted by Gasteiger charge is 2.00. The van der Waals surface area contributed by atoms with Gasteiger partial charge < -0.3 is 10.4 Å². The smallest absolute Gasteiger partial charge is 0.230 e. The molecule has 0 saturated heterocycles. The zero-order valence-electron chi connectivity index (χ0n) is 9.69. The van der Waals surface area contributed by atoms with Crippen LogP contribution >= 0.6 is 11.8 Å². The summed E-state index contributed by atoms with van der Waals surface area (Å²) in [6, 6.07) is 7.01. The van der Waals surface area contributed by atoms with E-state index in [0.717, 1.165) is 17.7 Å². The Bertz CT molecular complexity index is 362. The summed E-state index contributed by atoms with van der Waals surface area (Å²) in [5, 5.41) is 12.0. The predicted octanol–water partition coefficient (Wildman–Crippen LogP) is 1.97. The minimum absolute atomic E-state index is 0.0515. The number of thioether (sulfide) groups is 1. The van der Waals surface area contributed by atoms with Crippen LogP contribution in [-0.4, -0.2) is 29.1 Å². The van der Waals surface area contributed by atoms with Gasteiger partial charge in [0, 0.05) is 12.3 Å². The number of rotatable bonds is 7. The van der Waals surface area contributed by atoms with Gasteiger partial charge in [0.2, 0.25) is 5.91 Å². The summed E-state index contributed by atoms with van der Waals surface area (Å²) in [5.41, 5.74) is 1.10. The van der Waals surface area contributed by atoms with Crippen LogP contribution in [0.25, 0.3) is 0 Å². The molecule has 1 aromatic rings. The van der Waals surface area contributed by atoms with Crippen LogP contribution in [-0.2, 0) is 11.2 Å².